The summed E-state index contributed by atoms with van der Waals surface area (Å²) in [6.45, 7) is 5.02. The van der Waals surface area contributed by atoms with Gasteiger partial charge in [-0.1, -0.05) is 6.92 Å². The Bertz CT molecular complexity index is 760. The third kappa shape index (κ3) is 3.31. The number of halogens is 1. The normalized spacial score (nSPS) is 23.5. The highest BCUT2D eigenvalue weighted by Crippen LogP contribution is 2.36. The summed E-state index contributed by atoms with van der Waals surface area (Å²) in [5.74, 6) is 0.897. The van der Waals surface area contributed by atoms with Gasteiger partial charge >= 0.3 is 0 Å². The van der Waals surface area contributed by atoms with Crippen LogP contribution < -0.4 is 4.90 Å². The molecular formula is C18H26IN5O2. The number of aliphatic hydroxyl groups is 1. The van der Waals surface area contributed by atoms with Crippen molar-refractivity contribution >= 4 is 39.6 Å². The molecule has 0 spiro atoms. The molecule has 2 aliphatic rings. The number of piperidine rings is 1. The quantitative estimate of drug-likeness (QED) is 0.691. The van der Waals surface area contributed by atoms with Crippen LogP contribution in [0, 0.1) is 9.12 Å². The maximum atomic E-state index is 9.75. The Morgan fingerprint density at radius 3 is 2.81 bits per heavy atom. The Kier molecular flexibility index (Phi) is 5.34. The number of ether oxygens (including phenoxy) is 1. The molecule has 2 aromatic heterocycles. The topological polar surface area (TPSA) is 76.3 Å². The second kappa shape index (κ2) is 7.55. The zero-order chi connectivity index (χ0) is 18.1. The largest absolute Gasteiger partial charge is 0.396 e. The average Bonchev–Trinajstić information content (AvgIpc) is 3.05. The molecule has 0 saturated carbocycles. The number of rotatable bonds is 4. The third-order valence-corrected chi connectivity index (χ3v) is 6.74. The van der Waals surface area contributed by atoms with E-state index < -0.39 is 0 Å². The third-order valence-electron chi connectivity index (χ3n) is 6.01. The summed E-state index contributed by atoms with van der Waals surface area (Å²) in [5, 5.41) is 14.4. The van der Waals surface area contributed by atoms with E-state index in [1.54, 1.807) is 0 Å². The second-order valence-corrected chi connectivity index (χ2v) is 8.48. The lowest BCUT2D eigenvalue weighted by Crippen LogP contribution is -2.42. The van der Waals surface area contributed by atoms with E-state index in [4.69, 9.17) is 9.72 Å². The van der Waals surface area contributed by atoms with Crippen LogP contribution in [-0.2, 0) is 4.74 Å². The zero-order valence-corrected chi connectivity index (χ0v) is 17.4. The summed E-state index contributed by atoms with van der Waals surface area (Å²) in [7, 11) is 0. The molecule has 0 radical (unpaired) electrons. The molecule has 1 unspecified atom stereocenters. The molecule has 1 atom stereocenters. The SMILES string of the molecule is CCC1(CO)CCN(c2cnc3c(I)nn(C4CCCCO4)c3n2)CC1. The molecule has 142 valence electrons. The number of nitrogens with zero attached hydrogens (tertiary/aromatic N) is 5. The van der Waals surface area contributed by atoms with Crippen LogP contribution in [0.3, 0.4) is 0 Å². The van der Waals surface area contributed by atoms with E-state index in [0.29, 0.717) is 0 Å². The fourth-order valence-electron chi connectivity index (χ4n) is 3.97. The van der Waals surface area contributed by atoms with Gasteiger partial charge in [-0.3, -0.25) is 0 Å². The number of anilines is 1. The summed E-state index contributed by atoms with van der Waals surface area (Å²) >= 11 is 2.22. The number of hydrogen-bond acceptors (Lipinski definition) is 6. The van der Waals surface area contributed by atoms with Crippen LogP contribution in [0.15, 0.2) is 6.20 Å². The minimum absolute atomic E-state index is 0.0391. The molecule has 7 nitrogen and oxygen atoms in total. The van der Waals surface area contributed by atoms with Crippen LogP contribution in [0.1, 0.15) is 51.7 Å². The van der Waals surface area contributed by atoms with Gasteiger partial charge in [-0.25, -0.2) is 14.6 Å². The van der Waals surface area contributed by atoms with Crippen molar-refractivity contribution < 1.29 is 9.84 Å². The van der Waals surface area contributed by atoms with Gasteiger partial charge in [0.25, 0.3) is 0 Å². The molecule has 4 heterocycles. The van der Waals surface area contributed by atoms with Crippen molar-refractivity contribution in [3.63, 3.8) is 0 Å². The first-order chi connectivity index (χ1) is 12.7. The van der Waals surface area contributed by atoms with Crippen LogP contribution in [0.4, 0.5) is 5.82 Å². The summed E-state index contributed by atoms with van der Waals surface area (Å²) in [5.41, 5.74) is 1.73. The van der Waals surface area contributed by atoms with Crippen molar-refractivity contribution in [2.45, 2.75) is 51.7 Å². The lowest BCUT2D eigenvalue weighted by atomic mass is 9.77. The van der Waals surface area contributed by atoms with E-state index in [9.17, 15) is 5.11 Å². The Morgan fingerprint density at radius 1 is 1.35 bits per heavy atom. The smallest absolute Gasteiger partial charge is 0.182 e. The van der Waals surface area contributed by atoms with Crippen LogP contribution in [-0.4, -0.2) is 51.2 Å². The molecule has 0 amide bonds. The van der Waals surface area contributed by atoms with Gasteiger partial charge in [-0.2, -0.15) is 5.10 Å². The summed E-state index contributed by atoms with van der Waals surface area (Å²) in [4.78, 5) is 11.8. The van der Waals surface area contributed by atoms with Gasteiger partial charge in [0.1, 0.15) is 11.3 Å². The van der Waals surface area contributed by atoms with E-state index in [2.05, 4.69) is 44.5 Å². The van der Waals surface area contributed by atoms with Gasteiger partial charge < -0.3 is 14.7 Å². The molecule has 0 aromatic carbocycles. The molecule has 2 saturated heterocycles. The van der Waals surface area contributed by atoms with E-state index in [1.807, 2.05) is 10.9 Å². The van der Waals surface area contributed by atoms with Crippen molar-refractivity contribution in [1.82, 2.24) is 19.7 Å². The monoisotopic (exact) mass is 471 g/mol. The molecule has 2 fully saturated rings. The minimum atomic E-state index is -0.0391. The number of aromatic nitrogens is 4. The zero-order valence-electron chi connectivity index (χ0n) is 15.2. The van der Waals surface area contributed by atoms with Crippen LogP contribution in [0.25, 0.3) is 11.2 Å². The van der Waals surface area contributed by atoms with Crippen LogP contribution in [0.2, 0.25) is 0 Å². The minimum Gasteiger partial charge on any atom is -0.396 e. The second-order valence-electron chi connectivity index (χ2n) is 7.46. The molecular weight excluding hydrogens is 445 g/mol. The van der Waals surface area contributed by atoms with E-state index in [0.717, 1.165) is 78.9 Å². The van der Waals surface area contributed by atoms with Crippen molar-refractivity contribution in [1.29, 1.82) is 0 Å². The number of hydrogen-bond donors (Lipinski definition) is 1. The summed E-state index contributed by atoms with van der Waals surface area (Å²) in [6, 6.07) is 0. The van der Waals surface area contributed by atoms with Crippen LogP contribution in [0.5, 0.6) is 0 Å². The highest BCUT2D eigenvalue weighted by molar-refractivity contribution is 14.1. The first kappa shape index (κ1) is 18.4. The van der Waals surface area contributed by atoms with E-state index >= 15 is 0 Å². The number of aliphatic hydroxyl groups excluding tert-OH is 1. The molecule has 4 rings (SSSR count). The lowest BCUT2D eigenvalue weighted by molar-refractivity contribution is -0.0372. The average molecular weight is 471 g/mol. The van der Waals surface area contributed by atoms with Crippen LogP contribution >= 0.6 is 22.6 Å². The van der Waals surface area contributed by atoms with Gasteiger partial charge in [0, 0.05) is 26.3 Å². The highest BCUT2D eigenvalue weighted by atomic mass is 127. The molecule has 26 heavy (non-hydrogen) atoms. The molecule has 0 aliphatic carbocycles. The van der Waals surface area contributed by atoms with Gasteiger partial charge in [0.05, 0.1) is 6.20 Å². The van der Waals surface area contributed by atoms with Crippen molar-refractivity contribution in [3.8, 4) is 0 Å². The maximum absolute atomic E-state index is 9.75. The molecule has 2 aliphatic heterocycles. The summed E-state index contributed by atoms with van der Waals surface area (Å²) in [6.07, 6.45) is 8.05. The fourth-order valence-corrected chi connectivity index (χ4v) is 4.58. The first-order valence-corrected chi connectivity index (χ1v) is 10.6. The summed E-state index contributed by atoms with van der Waals surface area (Å²) < 4.78 is 8.70. The van der Waals surface area contributed by atoms with Crippen molar-refractivity contribution in [3.05, 3.63) is 9.90 Å². The Morgan fingerprint density at radius 2 is 2.15 bits per heavy atom. The first-order valence-electron chi connectivity index (χ1n) is 9.54. The Labute approximate surface area is 167 Å². The highest BCUT2D eigenvalue weighted by Gasteiger charge is 2.33. The van der Waals surface area contributed by atoms with Crippen molar-refractivity contribution in [2.75, 3.05) is 31.2 Å². The van der Waals surface area contributed by atoms with Gasteiger partial charge in [-0.05, 0) is 66.5 Å². The molecule has 2 aromatic rings. The molecule has 0 bridgehead atoms. The number of fused-ring (bicyclic) bond motifs is 1. The Hall–Kier alpha value is -1.00. The van der Waals surface area contributed by atoms with Gasteiger partial charge in [0.15, 0.2) is 15.6 Å². The Balaban J connectivity index is 1.61. The van der Waals surface area contributed by atoms with E-state index in [-0.39, 0.29) is 18.2 Å². The molecule has 1 N–H and O–H groups in total. The predicted octanol–water partition coefficient (Wildman–Crippen LogP) is 3.12. The fraction of sp³-hybridized carbons (Fsp3) is 0.722. The standard InChI is InChI=1S/C18H26IN5O2/c1-2-18(12-25)6-8-23(9-7-18)13-11-20-15-16(19)22-24(17(15)21-13)14-5-3-4-10-26-14/h11,14,25H,2-10,12H2,1H3. The molecule has 8 heteroatoms. The maximum Gasteiger partial charge on any atom is 0.182 e. The van der Waals surface area contributed by atoms with Gasteiger partial charge in [-0.15, -0.1) is 0 Å². The van der Waals surface area contributed by atoms with E-state index in [1.165, 1.54) is 0 Å². The van der Waals surface area contributed by atoms with Crippen molar-refractivity contribution in [2.24, 2.45) is 5.41 Å². The predicted molar refractivity (Wildman–Crippen MR) is 108 cm³/mol. The lowest BCUT2D eigenvalue weighted by Gasteiger charge is -2.40. The van der Waals surface area contributed by atoms with Gasteiger partial charge in [0.2, 0.25) is 0 Å².